The van der Waals surface area contributed by atoms with Gasteiger partial charge in [-0.2, -0.15) is 0 Å². The third-order valence-corrected chi connectivity index (χ3v) is 4.47. The number of aromatic nitrogens is 1. The minimum atomic E-state index is -3.78. The number of nitrogens with zero attached hydrogens (tertiary/aromatic N) is 1. The Balaban J connectivity index is 2.51. The van der Waals surface area contributed by atoms with E-state index in [9.17, 15) is 13.2 Å². The molecule has 0 atom stereocenters. The van der Waals surface area contributed by atoms with Gasteiger partial charge in [0.25, 0.3) is 0 Å². The predicted octanol–water partition coefficient (Wildman–Crippen LogP) is 0.393. The zero-order valence-corrected chi connectivity index (χ0v) is 12.3. The summed E-state index contributed by atoms with van der Waals surface area (Å²) in [4.78, 5) is 11.6. The van der Waals surface area contributed by atoms with Gasteiger partial charge in [0.2, 0.25) is 10.0 Å². The number of thiazole rings is 1. The maximum absolute atomic E-state index is 11.5. The Hall–Kier alpha value is -1.71. The summed E-state index contributed by atoms with van der Waals surface area (Å²) in [5, 5.41) is 12.9. The van der Waals surface area contributed by atoms with E-state index in [1.807, 2.05) is 0 Å². The molecule has 9 heteroatoms. The fourth-order valence-corrected chi connectivity index (χ4v) is 3.30. The minimum Gasteiger partial charge on any atom is -0.465 e. The summed E-state index contributed by atoms with van der Waals surface area (Å²) in [6.45, 7) is 1.89. The number of carbonyl (C=O) groups is 1. The second-order valence-electron chi connectivity index (χ2n) is 3.97. The lowest BCUT2D eigenvalue weighted by molar-refractivity contribution is -0.143. The molecule has 0 radical (unpaired) electrons. The van der Waals surface area contributed by atoms with Crippen LogP contribution in [0.5, 0.6) is 0 Å². The molecule has 2 aromatic rings. The number of nitrogens with one attached hydrogen (secondary N) is 1. The van der Waals surface area contributed by atoms with Gasteiger partial charge in [0.15, 0.2) is 4.80 Å². The highest BCUT2D eigenvalue weighted by atomic mass is 32.2. The van der Waals surface area contributed by atoms with Crippen molar-refractivity contribution in [2.45, 2.75) is 18.4 Å². The lowest BCUT2D eigenvalue weighted by Crippen LogP contribution is -2.21. The third-order valence-electron chi connectivity index (χ3n) is 2.59. The molecule has 0 amide bonds. The number of hydrogen-bond acceptors (Lipinski definition) is 6. The number of nitrogens with two attached hydrogens (primary N) is 1. The summed E-state index contributed by atoms with van der Waals surface area (Å²) in [6, 6.07) is 4.28. The van der Waals surface area contributed by atoms with Crippen molar-refractivity contribution in [2.75, 3.05) is 6.61 Å². The SMILES string of the molecule is CCOC(=O)Cn1c(=N)sc2cc(S(N)(=O)=O)ccc21. The summed E-state index contributed by atoms with van der Waals surface area (Å²) in [5.41, 5.74) is 0.598. The van der Waals surface area contributed by atoms with E-state index in [0.29, 0.717) is 10.2 Å². The van der Waals surface area contributed by atoms with Crippen molar-refractivity contribution in [3.05, 3.63) is 23.0 Å². The molecule has 1 aromatic carbocycles. The van der Waals surface area contributed by atoms with Crippen molar-refractivity contribution < 1.29 is 17.9 Å². The molecule has 0 fully saturated rings. The van der Waals surface area contributed by atoms with Crippen LogP contribution in [0.25, 0.3) is 10.2 Å². The quantitative estimate of drug-likeness (QED) is 0.794. The van der Waals surface area contributed by atoms with Gasteiger partial charge in [0, 0.05) is 0 Å². The third kappa shape index (κ3) is 2.89. The highest BCUT2D eigenvalue weighted by Gasteiger charge is 2.14. The van der Waals surface area contributed by atoms with Crippen LogP contribution in [-0.4, -0.2) is 25.6 Å². The van der Waals surface area contributed by atoms with E-state index in [4.69, 9.17) is 15.3 Å². The molecular formula is C11H13N3O4S2. The Morgan fingerprint density at radius 2 is 2.20 bits per heavy atom. The van der Waals surface area contributed by atoms with Crippen LogP contribution >= 0.6 is 11.3 Å². The van der Waals surface area contributed by atoms with Gasteiger partial charge in [-0.05, 0) is 25.1 Å². The van der Waals surface area contributed by atoms with Gasteiger partial charge in [-0.15, -0.1) is 0 Å². The number of hydrogen-bond donors (Lipinski definition) is 2. The molecule has 7 nitrogen and oxygen atoms in total. The average molecular weight is 315 g/mol. The Morgan fingerprint density at radius 3 is 2.80 bits per heavy atom. The van der Waals surface area contributed by atoms with Crippen molar-refractivity contribution in [1.82, 2.24) is 4.57 Å². The molecular weight excluding hydrogens is 302 g/mol. The van der Waals surface area contributed by atoms with Crippen LogP contribution in [0.3, 0.4) is 0 Å². The van der Waals surface area contributed by atoms with Crippen LogP contribution in [0.1, 0.15) is 6.92 Å². The molecule has 0 aliphatic carbocycles. The molecule has 0 saturated carbocycles. The number of primary sulfonamides is 1. The lowest BCUT2D eigenvalue weighted by Gasteiger charge is -2.05. The van der Waals surface area contributed by atoms with E-state index in [2.05, 4.69) is 0 Å². The standard InChI is InChI=1S/C11H13N3O4S2/c1-2-18-10(15)6-14-8-4-3-7(20(13,16)17)5-9(8)19-11(14)12/h3-5,12H,2,6H2,1H3,(H2,13,16,17). The first kappa shape index (κ1) is 14.7. The number of rotatable bonds is 4. The summed E-state index contributed by atoms with van der Waals surface area (Å²) in [6.07, 6.45) is 0. The van der Waals surface area contributed by atoms with Crippen LogP contribution in [0.2, 0.25) is 0 Å². The highest BCUT2D eigenvalue weighted by molar-refractivity contribution is 7.89. The monoisotopic (exact) mass is 315 g/mol. The number of fused-ring (bicyclic) bond motifs is 1. The molecule has 0 spiro atoms. The first-order valence-corrected chi connectivity index (χ1v) is 8.05. The number of sulfonamides is 1. The summed E-state index contributed by atoms with van der Waals surface area (Å²) >= 11 is 1.07. The van der Waals surface area contributed by atoms with Gasteiger partial charge >= 0.3 is 5.97 Å². The van der Waals surface area contributed by atoms with E-state index in [1.54, 1.807) is 6.92 Å². The molecule has 0 bridgehead atoms. The number of carbonyl (C=O) groups excluding carboxylic acids is 1. The summed E-state index contributed by atoms with van der Waals surface area (Å²) in [7, 11) is -3.78. The van der Waals surface area contributed by atoms with Gasteiger partial charge < -0.3 is 9.30 Å². The van der Waals surface area contributed by atoms with E-state index in [1.165, 1.54) is 22.8 Å². The molecule has 1 heterocycles. The molecule has 20 heavy (non-hydrogen) atoms. The van der Waals surface area contributed by atoms with Gasteiger partial charge in [-0.25, -0.2) is 13.6 Å². The van der Waals surface area contributed by atoms with Gasteiger partial charge in [0.1, 0.15) is 6.54 Å². The molecule has 3 N–H and O–H groups in total. The van der Waals surface area contributed by atoms with Crippen molar-refractivity contribution in [3.8, 4) is 0 Å². The summed E-state index contributed by atoms with van der Waals surface area (Å²) in [5.74, 6) is -0.443. The Kier molecular flexibility index (Phi) is 3.93. The van der Waals surface area contributed by atoms with Crippen LogP contribution in [0.15, 0.2) is 23.1 Å². The second-order valence-corrected chi connectivity index (χ2v) is 6.56. The average Bonchev–Trinajstić information content (AvgIpc) is 2.64. The van der Waals surface area contributed by atoms with E-state index < -0.39 is 16.0 Å². The van der Waals surface area contributed by atoms with Gasteiger partial charge in [-0.3, -0.25) is 10.2 Å². The van der Waals surface area contributed by atoms with Crippen molar-refractivity contribution >= 4 is 37.5 Å². The topological polar surface area (TPSA) is 115 Å². The smallest absolute Gasteiger partial charge is 0.326 e. The normalized spacial score (nSPS) is 11.7. The van der Waals surface area contributed by atoms with Crippen LogP contribution in [-0.2, 0) is 26.1 Å². The zero-order chi connectivity index (χ0) is 14.9. The van der Waals surface area contributed by atoms with Crippen LogP contribution in [0.4, 0.5) is 0 Å². The fourth-order valence-electron chi connectivity index (χ4n) is 1.74. The van der Waals surface area contributed by atoms with E-state index in [-0.39, 0.29) is 22.8 Å². The molecule has 1 aromatic heterocycles. The van der Waals surface area contributed by atoms with E-state index >= 15 is 0 Å². The highest BCUT2D eigenvalue weighted by Crippen LogP contribution is 2.21. The maximum Gasteiger partial charge on any atom is 0.326 e. The second kappa shape index (κ2) is 5.35. The predicted molar refractivity (Wildman–Crippen MR) is 73.7 cm³/mol. The van der Waals surface area contributed by atoms with Crippen LogP contribution < -0.4 is 9.94 Å². The largest absolute Gasteiger partial charge is 0.465 e. The van der Waals surface area contributed by atoms with Crippen molar-refractivity contribution in [2.24, 2.45) is 5.14 Å². The maximum atomic E-state index is 11.5. The van der Waals surface area contributed by atoms with E-state index in [0.717, 1.165) is 11.3 Å². The minimum absolute atomic E-state index is 0.0189. The van der Waals surface area contributed by atoms with Gasteiger partial charge in [-0.1, -0.05) is 11.3 Å². The van der Waals surface area contributed by atoms with Crippen molar-refractivity contribution in [1.29, 1.82) is 5.41 Å². The van der Waals surface area contributed by atoms with Crippen molar-refractivity contribution in [3.63, 3.8) is 0 Å². The van der Waals surface area contributed by atoms with Gasteiger partial charge in [0.05, 0.1) is 21.7 Å². The fraction of sp³-hybridized carbons (Fsp3) is 0.273. The Labute approximate surface area is 119 Å². The molecule has 0 aliphatic heterocycles. The lowest BCUT2D eigenvalue weighted by atomic mass is 10.3. The number of benzene rings is 1. The molecule has 0 saturated heterocycles. The number of esters is 1. The Bertz CT molecular complexity index is 820. The summed E-state index contributed by atoms with van der Waals surface area (Å²) < 4.78 is 29.5. The first-order valence-electron chi connectivity index (χ1n) is 5.69. The number of ether oxygens (including phenoxy) is 1. The molecule has 0 unspecified atom stereocenters. The zero-order valence-electron chi connectivity index (χ0n) is 10.6. The molecule has 108 valence electrons. The van der Waals surface area contributed by atoms with Crippen LogP contribution in [0, 0.1) is 5.41 Å². The molecule has 0 aliphatic rings. The Morgan fingerprint density at radius 1 is 1.50 bits per heavy atom. The molecule has 2 rings (SSSR count). The first-order chi connectivity index (χ1) is 9.32.